The van der Waals surface area contributed by atoms with Crippen molar-refractivity contribution in [2.24, 2.45) is 0 Å². The minimum Gasteiger partial charge on any atom is -0.493 e. The van der Waals surface area contributed by atoms with Gasteiger partial charge in [-0.25, -0.2) is 14.4 Å². The minimum atomic E-state index is -0.976. The van der Waals surface area contributed by atoms with Crippen LogP contribution in [0.3, 0.4) is 0 Å². The fourth-order valence-electron chi connectivity index (χ4n) is 3.43. The second kappa shape index (κ2) is 10.4. The van der Waals surface area contributed by atoms with E-state index in [1.807, 2.05) is 24.3 Å². The number of methoxy groups -OCH3 is 4. The molecule has 0 saturated heterocycles. The van der Waals surface area contributed by atoms with Crippen LogP contribution in [0.25, 0.3) is 10.9 Å². The summed E-state index contributed by atoms with van der Waals surface area (Å²) in [7, 11) is 5.31. The quantitative estimate of drug-likeness (QED) is 0.446. The van der Waals surface area contributed by atoms with Crippen molar-refractivity contribution in [3.63, 3.8) is 0 Å². The number of hydrogen-bond acceptors (Lipinski definition) is 7. The molecule has 33 heavy (non-hydrogen) atoms. The first kappa shape index (κ1) is 23.5. The number of anilines is 1. The van der Waals surface area contributed by atoms with Crippen LogP contribution in [-0.4, -0.2) is 57.4 Å². The first-order valence-electron chi connectivity index (χ1n) is 9.96. The Balaban J connectivity index is 1.84. The van der Waals surface area contributed by atoms with Gasteiger partial charge in [0.2, 0.25) is 0 Å². The molecule has 0 aliphatic carbocycles. The van der Waals surface area contributed by atoms with Gasteiger partial charge >= 0.3 is 18.0 Å². The smallest absolute Gasteiger partial charge is 0.340 e. The van der Waals surface area contributed by atoms with Crippen LogP contribution in [0.2, 0.25) is 0 Å². The zero-order valence-corrected chi connectivity index (χ0v) is 18.7. The van der Waals surface area contributed by atoms with E-state index in [4.69, 9.17) is 18.9 Å². The Hall–Kier alpha value is -4.21. The summed E-state index contributed by atoms with van der Waals surface area (Å²) in [5.74, 6) is -0.718. The number of fused-ring (bicyclic) bond motifs is 1. The van der Waals surface area contributed by atoms with E-state index in [0.29, 0.717) is 5.75 Å². The molecule has 2 aromatic carbocycles. The summed E-state index contributed by atoms with van der Waals surface area (Å²) in [5, 5.41) is 6.11. The molecule has 0 fully saturated rings. The van der Waals surface area contributed by atoms with E-state index in [1.165, 1.54) is 40.6 Å². The molecule has 0 aliphatic rings. The third kappa shape index (κ3) is 5.17. The number of amides is 2. The predicted octanol–water partition coefficient (Wildman–Crippen LogP) is 2.88. The molecule has 1 atom stereocenters. The summed E-state index contributed by atoms with van der Waals surface area (Å²) in [6.45, 7) is 0. The van der Waals surface area contributed by atoms with Crippen LogP contribution in [0, 0.1) is 0 Å². The molecule has 1 aromatic heterocycles. The van der Waals surface area contributed by atoms with Gasteiger partial charge in [-0.1, -0.05) is 18.2 Å². The standard InChI is InChI=1S/C23H25N3O7/c1-30-19-10-15(21(27)32-3)17(11-20(19)31-2)25-23(29)26-18(22(28)33-4)9-13-12-24-16-8-6-5-7-14(13)16/h5-8,10-12,18,24H,9H2,1-4H3,(H2,25,26,29). The molecular weight excluding hydrogens is 430 g/mol. The Kier molecular flexibility index (Phi) is 7.39. The number of benzene rings is 2. The number of para-hydroxylation sites is 1. The van der Waals surface area contributed by atoms with Gasteiger partial charge in [0.05, 0.1) is 39.7 Å². The molecule has 3 aromatic rings. The van der Waals surface area contributed by atoms with Crippen LogP contribution >= 0.6 is 0 Å². The molecule has 1 unspecified atom stereocenters. The van der Waals surface area contributed by atoms with Crippen molar-refractivity contribution in [3.05, 3.63) is 53.7 Å². The van der Waals surface area contributed by atoms with Crippen LogP contribution in [0.5, 0.6) is 11.5 Å². The monoisotopic (exact) mass is 455 g/mol. The summed E-state index contributed by atoms with van der Waals surface area (Å²) in [6.07, 6.45) is 1.98. The summed E-state index contributed by atoms with van der Waals surface area (Å²) < 4.78 is 20.1. The van der Waals surface area contributed by atoms with Gasteiger partial charge in [0.15, 0.2) is 11.5 Å². The topological polar surface area (TPSA) is 128 Å². The third-order valence-corrected chi connectivity index (χ3v) is 5.07. The van der Waals surface area contributed by atoms with Crippen molar-refractivity contribution < 1.29 is 33.3 Å². The van der Waals surface area contributed by atoms with E-state index in [1.54, 1.807) is 6.20 Å². The first-order chi connectivity index (χ1) is 15.9. The highest BCUT2D eigenvalue weighted by Crippen LogP contribution is 2.33. The molecule has 0 spiro atoms. The Labute approximate surface area is 190 Å². The van der Waals surface area contributed by atoms with Crippen molar-refractivity contribution in [1.29, 1.82) is 0 Å². The fourth-order valence-corrected chi connectivity index (χ4v) is 3.43. The van der Waals surface area contributed by atoms with Crippen molar-refractivity contribution >= 4 is 34.6 Å². The summed E-state index contributed by atoms with van der Waals surface area (Å²) in [4.78, 5) is 40.5. The molecule has 10 nitrogen and oxygen atoms in total. The summed E-state index contributed by atoms with van der Waals surface area (Å²) in [6, 6.07) is 8.74. The molecular formula is C23H25N3O7. The van der Waals surface area contributed by atoms with Crippen LogP contribution in [0.4, 0.5) is 10.5 Å². The molecule has 3 rings (SSSR count). The Morgan fingerprint density at radius 1 is 0.970 bits per heavy atom. The van der Waals surface area contributed by atoms with E-state index < -0.39 is 24.0 Å². The number of aromatic nitrogens is 1. The molecule has 174 valence electrons. The number of nitrogens with one attached hydrogen (secondary N) is 3. The fraction of sp³-hybridized carbons (Fsp3) is 0.261. The van der Waals surface area contributed by atoms with Crippen LogP contribution in [0.15, 0.2) is 42.6 Å². The zero-order valence-electron chi connectivity index (χ0n) is 18.7. The summed E-state index contributed by atoms with van der Waals surface area (Å²) >= 11 is 0. The Morgan fingerprint density at radius 2 is 1.67 bits per heavy atom. The Morgan fingerprint density at radius 3 is 2.33 bits per heavy atom. The third-order valence-electron chi connectivity index (χ3n) is 5.07. The van der Waals surface area contributed by atoms with Gasteiger partial charge < -0.3 is 34.6 Å². The van der Waals surface area contributed by atoms with E-state index in [2.05, 4.69) is 15.6 Å². The van der Waals surface area contributed by atoms with Gasteiger partial charge in [0.1, 0.15) is 6.04 Å². The highest BCUT2D eigenvalue weighted by Gasteiger charge is 2.25. The van der Waals surface area contributed by atoms with Crippen molar-refractivity contribution in [3.8, 4) is 11.5 Å². The van der Waals surface area contributed by atoms with Gasteiger partial charge in [-0.2, -0.15) is 0 Å². The Bertz CT molecular complexity index is 1170. The van der Waals surface area contributed by atoms with Gasteiger partial charge in [-0.05, 0) is 11.6 Å². The predicted molar refractivity (Wildman–Crippen MR) is 121 cm³/mol. The zero-order chi connectivity index (χ0) is 24.0. The van der Waals surface area contributed by atoms with Gasteiger partial charge in [0, 0.05) is 35.7 Å². The van der Waals surface area contributed by atoms with Crippen LogP contribution < -0.4 is 20.1 Å². The first-order valence-corrected chi connectivity index (χ1v) is 9.96. The second-order valence-corrected chi connectivity index (χ2v) is 6.98. The van der Waals surface area contributed by atoms with Crippen LogP contribution in [0.1, 0.15) is 15.9 Å². The number of urea groups is 1. The van der Waals surface area contributed by atoms with E-state index >= 15 is 0 Å². The highest BCUT2D eigenvalue weighted by molar-refractivity contribution is 6.02. The number of carbonyl (C=O) groups is 3. The number of hydrogen-bond donors (Lipinski definition) is 3. The average Bonchev–Trinajstić information content (AvgIpc) is 3.25. The SMILES string of the molecule is COC(=O)c1cc(OC)c(OC)cc1NC(=O)NC(Cc1c[nH]c2ccccc12)C(=O)OC. The van der Waals surface area contributed by atoms with E-state index in [9.17, 15) is 14.4 Å². The number of H-pyrrole nitrogens is 1. The molecule has 2 amide bonds. The van der Waals surface area contributed by atoms with Gasteiger partial charge in [0.25, 0.3) is 0 Å². The number of ether oxygens (including phenoxy) is 4. The lowest BCUT2D eigenvalue weighted by Crippen LogP contribution is -2.45. The molecule has 1 heterocycles. The molecule has 3 N–H and O–H groups in total. The van der Waals surface area contributed by atoms with Gasteiger partial charge in [-0.3, -0.25) is 0 Å². The maximum atomic E-state index is 12.8. The molecule has 0 aliphatic heterocycles. The van der Waals surface area contributed by atoms with Crippen molar-refractivity contribution in [2.75, 3.05) is 33.8 Å². The summed E-state index contributed by atoms with van der Waals surface area (Å²) in [5.41, 5.74) is 1.92. The molecule has 10 heteroatoms. The number of esters is 2. The highest BCUT2D eigenvalue weighted by atomic mass is 16.5. The van der Waals surface area contributed by atoms with Crippen molar-refractivity contribution in [2.45, 2.75) is 12.5 Å². The normalized spacial score (nSPS) is 11.4. The number of carbonyl (C=O) groups excluding carboxylic acids is 3. The van der Waals surface area contributed by atoms with Gasteiger partial charge in [-0.15, -0.1) is 0 Å². The van der Waals surface area contributed by atoms with Crippen LogP contribution in [-0.2, 0) is 20.7 Å². The van der Waals surface area contributed by atoms with E-state index in [0.717, 1.165) is 16.5 Å². The minimum absolute atomic E-state index is 0.0524. The number of aromatic amines is 1. The second-order valence-electron chi connectivity index (χ2n) is 6.98. The largest absolute Gasteiger partial charge is 0.493 e. The maximum absolute atomic E-state index is 12.8. The molecule has 0 radical (unpaired) electrons. The maximum Gasteiger partial charge on any atom is 0.340 e. The lowest BCUT2D eigenvalue weighted by molar-refractivity contribution is -0.142. The molecule has 0 saturated carbocycles. The van der Waals surface area contributed by atoms with E-state index in [-0.39, 0.29) is 23.4 Å². The lowest BCUT2D eigenvalue weighted by Gasteiger charge is -2.18. The lowest BCUT2D eigenvalue weighted by atomic mass is 10.1. The average molecular weight is 455 g/mol. The molecule has 0 bridgehead atoms. The van der Waals surface area contributed by atoms with Crippen molar-refractivity contribution in [1.82, 2.24) is 10.3 Å². The number of rotatable bonds is 8.